The van der Waals surface area contributed by atoms with Crippen LogP contribution in [0.2, 0.25) is 0 Å². The molecule has 3 aromatic rings. The minimum absolute atomic E-state index is 0.265. The molecular weight excluding hydrogens is 372 g/mol. The number of aryl methyl sites for hydroxylation is 1. The largest absolute Gasteiger partial charge is 0.459 e. The highest BCUT2D eigenvalue weighted by Gasteiger charge is 2.08. The summed E-state index contributed by atoms with van der Waals surface area (Å²) in [5.74, 6) is 0.805. The summed E-state index contributed by atoms with van der Waals surface area (Å²) in [6, 6.07) is 13.1. The molecule has 0 radical (unpaired) electrons. The maximum atomic E-state index is 12.0. The number of furan rings is 1. The van der Waals surface area contributed by atoms with Gasteiger partial charge in [-0.3, -0.25) is 4.79 Å². The van der Waals surface area contributed by atoms with Crippen LogP contribution >= 0.6 is 11.3 Å². The smallest absolute Gasteiger partial charge is 0.291 e. The zero-order valence-corrected chi connectivity index (χ0v) is 16.8. The predicted molar refractivity (Wildman–Crippen MR) is 114 cm³/mol. The summed E-state index contributed by atoms with van der Waals surface area (Å²) in [7, 11) is 0. The number of amides is 1. The van der Waals surface area contributed by atoms with Crippen molar-refractivity contribution in [1.82, 2.24) is 10.6 Å². The van der Waals surface area contributed by atoms with Crippen molar-refractivity contribution < 1.29 is 9.21 Å². The molecule has 28 heavy (non-hydrogen) atoms. The van der Waals surface area contributed by atoms with Gasteiger partial charge in [-0.1, -0.05) is 12.1 Å². The Balaban J connectivity index is 1.56. The zero-order chi connectivity index (χ0) is 19.8. The summed E-state index contributed by atoms with van der Waals surface area (Å²) in [5.41, 5.74) is 3.06. The van der Waals surface area contributed by atoms with Gasteiger partial charge in [0.05, 0.1) is 19.4 Å². The van der Waals surface area contributed by atoms with Crippen molar-refractivity contribution in [1.29, 1.82) is 0 Å². The van der Waals surface area contributed by atoms with E-state index in [1.54, 1.807) is 23.5 Å². The average molecular weight is 397 g/mol. The summed E-state index contributed by atoms with van der Waals surface area (Å²) in [4.78, 5) is 17.9. The Hall–Kier alpha value is -3.06. The number of nitrogens with one attached hydrogen (secondary N) is 3. The van der Waals surface area contributed by atoms with Gasteiger partial charge in [-0.05, 0) is 60.7 Å². The van der Waals surface area contributed by atoms with E-state index in [9.17, 15) is 4.79 Å². The number of hydrogen-bond donors (Lipinski definition) is 3. The third-order valence-corrected chi connectivity index (χ3v) is 5.13. The van der Waals surface area contributed by atoms with Gasteiger partial charge in [-0.25, -0.2) is 4.99 Å². The SMILES string of the molecule is CCNC(=NCc1ccc(NC(=O)c2ccco2)cc1)NCc1sccc1C. The molecule has 0 unspecified atom stereocenters. The van der Waals surface area contributed by atoms with E-state index in [-0.39, 0.29) is 11.7 Å². The molecule has 0 bridgehead atoms. The van der Waals surface area contributed by atoms with Crippen LogP contribution in [0.15, 0.2) is 63.5 Å². The standard InChI is InChI=1S/C21H24N4O2S/c1-3-22-21(24-14-19-15(2)10-12-28-19)23-13-16-6-8-17(9-7-16)25-20(26)18-5-4-11-27-18/h4-12H,3,13-14H2,1-2H3,(H,25,26)(H2,22,23,24). The number of carbonyl (C=O) groups excluding carboxylic acids is 1. The van der Waals surface area contributed by atoms with Gasteiger partial charge < -0.3 is 20.4 Å². The predicted octanol–water partition coefficient (Wildman–Crippen LogP) is 4.16. The molecule has 3 N–H and O–H groups in total. The first-order chi connectivity index (χ1) is 13.7. The molecule has 6 nitrogen and oxygen atoms in total. The average Bonchev–Trinajstić information content (AvgIpc) is 3.37. The number of carbonyl (C=O) groups is 1. The molecular formula is C21H24N4O2S. The first kappa shape index (κ1) is 19.7. The van der Waals surface area contributed by atoms with Crippen LogP contribution in [0.5, 0.6) is 0 Å². The molecule has 1 amide bonds. The summed E-state index contributed by atoms with van der Waals surface area (Å²) in [5, 5.41) is 11.5. The summed E-state index contributed by atoms with van der Waals surface area (Å²) < 4.78 is 5.09. The van der Waals surface area contributed by atoms with Gasteiger partial charge >= 0.3 is 0 Å². The lowest BCUT2D eigenvalue weighted by Crippen LogP contribution is -2.36. The molecule has 0 aliphatic carbocycles. The number of thiophene rings is 1. The van der Waals surface area contributed by atoms with Crippen LogP contribution < -0.4 is 16.0 Å². The highest BCUT2D eigenvalue weighted by Crippen LogP contribution is 2.15. The van der Waals surface area contributed by atoms with Gasteiger partial charge in [0.2, 0.25) is 0 Å². The summed E-state index contributed by atoms with van der Waals surface area (Å²) in [6.45, 7) is 6.26. The van der Waals surface area contributed by atoms with Crippen molar-refractivity contribution in [2.24, 2.45) is 4.99 Å². The van der Waals surface area contributed by atoms with Crippen LogP contribution in [0.1, 0.15) is 33.5 Å². The Bertz CT molecular complexity index is 914. The quantitative estimate of drug-likeness (QED) is 0.414. The number of guanidine groups is 1. The van der Waals surface area contributed by atoms with Crippen molar-refractivity contribution in [2.75, 3.05) is 11.9 Å². The Morgan fingerprint density at radius 1 is 1.14 bits per heavy atom. The van der Waals surface area contributed by atoms with E-state index in [2.05, 4.69) is 39.3 Å². The molecule has 0 aliphatic heterocycles. The number of anilines is 1. The lowest BCUT2D eigenvalue weighted by atomic mass is 10.2. The van der Waals surface area contributed by atoms with Crippen LogP contribution in [-0.4, -0.2) is 18.4 Å². The molecule has 7 heteroatoms. The number of rotatable bonds is 7. The summed E-state index contributed by atoms with van der Waals surface area (Å²) >= 11 is 1.74. The molecule has 0 saturated heterocycles. The Labute approximate surface area is 168 Å². The maximum Gasteiger partial charge on any atom is 0.291 e. The second-order valence-corrected chi connectivity index (χ2v) is 7.20. The van der Waals surface area contributed by atoms with Crippen molar-refractivity contribution in [2.45, 2.75) is 26.9 Å². The summed E-state index contributed by atoms with van der Waals surface area (Å²) in [6.07, 6.45) is 1.48. The van der Waals surface area contributed by atoms with Gasteiger partial charge in [0.15, 0.2) is 11.7 Å². The van der Waals surface area contributed by atoms with Crippen LogP contribution in [0.3, 0.4) is 0 Å². The van der Waals surface area contributed by atoms with E-state index in [0.717, 1.165) is 24.6 Å². The van der Waals surface area contributed by atoms with Gasteiger partial charge in [-0.2, -0.15) is 0 Å². The fraction of sp³-hybridized carbons (Fsp3) is 0.238. The molecule has 2 aromatic heterocycles. The third-order valence-electron chi connectivity index (χ3n) is 4.11. The Morgan fingerprint density at radius 3 is 2.61 bits per heavy atom. The second kappa shape index (κ2) is 9.75. The lowest BCUT2D eigenvalue weighted by molar-refractivity contribution is 0.0996. The molecule has 1 aromatic carbocycles. The van der Waals surface area contributed by atoms with Crippen LogP contribution in [0.25, 0.3) is 0 Å². The van der Waals surface area contributed by atoms with E-state index in [1.807, 2.05) is 31.2 Å². The molecule has 3 rings (SSSR count). The first-order valence-corrected chi connectivity index (χ1v) is 10.0. The van der Waals surface area contributed by atoms with E-state index in [0.29, 0.717) is 12.2 Å². The maximum absolute atomic E-state index is 12.0. The van der Waals surface area contributed by atoms with E-state index in [1.165, 1.54) is 16.7 Å². The van der Waals surface area contributed by atoms with Crippen LogP contribution in [-0.2, 0) is 13.1 Å². The van der Waals surface area contributed by atoms with Crippen molar-refractivity contribution in [3.05, 3.63) is 75.9 Å². The Kier molecular flexibility index (Phi) is 6.86. The van der Waals surface area contributed by atoms with Gasteiger partial charge in [0.25, 0.3) is 5.91 Å². The topological polar surface area (TPSA) is 78.7 Å². The number of aliphatic imine (C=N–C) groups is 1. The number of benzene rings is 1. The van der Waals surface area contributed by atoms with Gasteiger partial charge in [0.1, 0.15) is 0 Å². The highest BCUT2D eigenvalue weighted by atomic mass is 32.1. The van der Waals surface area contributed by atoms with Crippen LogP contribution in [0.4, 0.5) is 5.69 Å². The fourth-order valence-electron chi connectivity index (χ4n) is 2.56. The molecule has 2 heterocycles. The van der Waals surface area contributed by atoms with Crippen molar-refractivity contribution in [3.63, 3.8) is 0 Å². The van der Waals surface area contributed by atoms with Crippen molar-refractivity contribution in [3.8, 4) is 0 Å². The molecule has 0 fully saturated rings. The Morgan fingerprint density at radius 2 is 1.96 bits per heavy atom. The second-order valence-electron chi connectivity index (χ2n) is 6.20. The third kappa shape index (κ3) is 5.47. The number of nitrogens with zero attached hydrogens (tertiary/aromatic N) is 1. The molecule has 0 spiro atoms. The van der Waals surface area contributed by atoms with E-state index < -0.39 is 0 Å². The number of hydrogen-bond acceptors (Lipinski definition) is 4. The first-order valence-electron chi connectivity index (χ1n) is 9.14. The van der Waals surface area contributed by atoms with E-state index in [4.69, 9.17) is 4.42 Å². The molecule has 0 atom stereocenters. The van der Waals surface area contributed by atoms with Crippen molar-refractivity contribution >= 4 is 28.9 Å². The molecule has 0 saturated carbocycles. The molecule has 146 valence electrons. The van der Waals surface area contributed by atoms with Gasteiger partial charge in [0, 0.05) is 17.1 Å². The highest BCUT2D eigenvalue weighted by molar-refractivity contribution is 7.10. The minimum atomic E-state index is -0.265. The molecule has 0 aliphatic rings. The van der Waals surface area contributed by atoms with Crippen LogP contribution in [0, 0.1) is 6.92 Å². The zero-order valence-electron chi connectivity index (χ0n) is 16.0. The minimum Gasteiger partial charge on any atom is -0.459 e. The lowest BCUT2D eigenvalue weighted by Gasteiger charge is -2.11. The normalized spacial score (nSPS) is 11.3. The van der Waals surface area contributed by atoms with E-state index >= 15 is 0 Å². The fourth-order valence-corrected chi connectivity index (χ4v) is 3.40. The van der Waals surface area contributed by atoms with Gasteiger partial charge in [-0.15, -0.1) is 11.3 Å². The monoisotopic (exact) mass is 396 g/mol.